The zero-order chi connectivity index (χ0) is 21.7. The van der Waals surface area contributed by atoms with Gasteiger partial charge in [0.25, 0.3) is 0 Å². The lowest BCUT2D eigenvalue weighted by molar-refractivity contribution is -0.121. The van der Waals surface area contributed by atoms with Crippen LogP contribution in [0.5, 0.6) is 5.75 Å². The highest BCUT2D eigenvalue weighted by Gasteiger charge is 2.17. The van der Waals surface area contributed by atoms with Crippen molar-refractivity contribution in [2.45, 2.75) is 33.4 Å². The number of methoxy groups -OCH3 is 1. The summed E-state index contributed by atoms with van der Waals surface area (Å²) >= 11 is 0. The Balaban J connectivity index is 1.74. The number of aromatic nitrogens is 1. The fourth-order valence-corrected chi connectivity index (χ4v) is 3.40. The molecule has 1 N–H and O–H groups in total. The van der Waals surface area contributed by atoms with Gasteiger partial charge in [0.15, 0.2) is 5.78 Å². The molecule has 5 nitrogen and oxygen atoms in total. The van der Waals surface area contributed by atoms with Crippen molar-refractivity contribution in [1.29, 1.82) is 0 Å². The van der Waals surface area contributed by atoms with Gasteiger partial charge < -0.3 is 14.6 Å². The van der Waals surface area contributed by atoms with Crippen molar-refractivity contribution < 1.29 is 18.7 Å². The molecule has 0 radical (unpaired) electrons. The second-order valence-corrected chi connectivity index (χ2v) is 7.12. The largest absolute Gasteiger partial charge is 0.497 e. The second-order valence-electron chi connectivity index (χ2n) is 7.12. The van der Waals surface area contributed by atoms with Gasteiger partial charge in [-0.05, 0) is 67.4 Å². The van der Waals surface area contributed by atoms with E-state index in [-0.39, 0.29) is 23.9 Å². The first-order valence-corrected chi connectivity index (χ1v) is 9.75. The highest BCUT2D eigenvalue weighted by molar-refractivity contribution is 5.96. The molecule has 0 unspecified atom stereocenters. The van der Waals surface area contributed by atoms with Gasteiger partial charge in [0.05, 0.1) is 7.11 Å². The molecule has 0 fully saturated rings. The summed E-state index contributed by atoms with van der Waals surface area (Å²) in [7, 11) is 1.61. The first kappa shape index (κ1) is 21.3. The topological polar surface area (TPSA) is 60.3 Å². The highest BCUT2D eigenvalue weighted by Crippen LogP contribution is 2.28. The number of nitrogens with one attached hydrogen (secondary N) is 1. The zero-order valence-corrected chi connectivity index (χ0v) is 17.4. The van der Waals surface area contributed by atoms with Crippen molar-refractivity contribution in [3.8, 4) is 17.0 Å². The van der Waals surface area contributed by atoms with Gasteiger partial charge in [-0.15, -0.1) is 0 Å². The Labute approximate surface area is 175 Å². The third kappa shape index (κ3) is 4.95. The van der Waals surface area contributed by atoms with E-state index in [4.69, 9.17) is 4.74 Å². The Morgan fingerprint density at radius 3 is 2.33 bits per heavy atom. The zero-order valence-electron chi connectivity index (χ0n) is 17.4. The van der Waals surface area contributed by atoms with Gasteiger partial charge in [0, 0.05) is 36.5 Å². The summed E-state index contributed by atoms with van der Waals surface area (Å²) in [6.07, 6.45) is 0.261. The number of benzene rings is 2. The first-order chi connectivity index (χ1) is 14.4. The van der Waals surface area contributed by atoms with E-state index in [1.165, 1.54) is 12.1 Å². The van der Waals surface area contributed by atoms with E-state index in [0.29, 0.717) is 18.7 Å². The third-order valence-corrected chi connectivity index (χ3v) is 5.10. The SMILES string of the molecule is COc1ccc(-c2cc(C(C)=O)c(C)n2CCC(=O)NCc2ccc(F)cc2)cc1. The molecule has 3 rings (SSSR count). The number of nitrogens with zero attached hydrogens (tertiary/aromatic N) is 1. The van der Waals surface area contributed by atoms with Crippen LogP contribution in [0, 0.1) is 12.7 Å². The van der Waals surface area contributed by atoms with Crippen molar-refractivity contribution in [1.82, 2.24) is 9.88 Å². The van der Waals surface area contributed by atoms with Crippen LogP contribution in [0.15, 0.2) is 54.6 Å². The number of halogens is 1. The van der Waals surface area contributed by atoms with E-state index in [1.54, 1.807) is 26.2 Å². The molecule has 0 bridgehead atoms. The van der Waals surface area contributed by atoms with Crippen molar-refractivity contribution in [2.24, 2.45) is 0 Å². The van der Waals surface area contributed by atoms with Crippen LogP contribution >= 0.6 is 0 Å². The second kappa shape index (κ2) is 9.39. The molecule has 156 valence electrons. The van der Waals surface area contributed by atoms with Crippen LogP contribution in [-0.2, 0) is 17.9 Å². The van der Waals surface area contributed by atoms with E-state index in [9.17, 15) is 14.0 Å². The van der Waals surface area contributed by atoms with Crippen LogP contribution in [-0.4, -0.2) is 23.4 Å². The van der Waals surface area contributed by atoms with Crippen LogP contribution in [0.2, 0.25) is 0 Å². The standard InChI is InChI=1S/C24H25FN2O3/c1-16-22(17(2)28)14-23(19-6-10-21(30-3)11-7-19)27(16)13-12-24(29)26-15-18-4-8-20(25)9-5-18/h4-11,14H,12-13,15H2,1-3H3,(H,26,29). The van der Waals surface area contributed by atoms with E-state index in [0.717, 1.165) is 28.3 Å². The van der Waals surface area contributed by atoms with Crippen LogP contribution in [0.4, 0.5) is 4.39 Å². The van der Waals surface area contributed by atoms with Gasteiger partial charge in [0.1, 0.15) is 11.6 Å². The molecule has 1 amide bonds. The molecule has 1 aromatic heterocycles. The van der Waals surface area contributed by atoms with Crippen LogP contribution < -0.4 is 10.1 Å². The number of rotatable bonds is 8. The summed E-state index contributed by atoms with van der Waals surface area (Å²) in [5.74, 6) is 0.320. The minimum atomic E-state index is -0.305. The van der Waals surface area contributed by atoms with Gasteiger partial charge in [-0.2, -0.15) is 0 Å². The van der Waals surface area contributed by atoms with Gasteiger partial charge in [0.2, 0.25) is 5.91 Å². The molecule has 0 atom stereocenters. The monoisotopic (exact) mass is 408 g/mol. The normalized spacial score (nSPS) is 10.7. The molecular formula is C24H25FN2O3. The lowest BCUT2D eigenvalue weighted by Crippen LogP contribution is -2.24. The van der Waals surface area contributed by atoms with Crippen molar-refractivity contribution in [3.05, 3.63) is 77.2 Å². The van der Waals surface area contributed by atoms with Crippen molar-refractivity contribution in [2.75, 3.05) is 7.11 Å². The van der Waals surface area contributed by atoms with Gasteiger partial charge in [-0.3, -0.25) is 9.59 Å². The van der Waals surface area contributed by atoms with Gasteiger partial charge in [-0.25, -0.2) is 4.39 Å². The van der Waals surface area contributed by atoms with E-state index >= 15 is 0 Å². The molecular weight excluding hydrogens is 383 g/mol. The van der Waals surface area contributed by atoms with Crippen molar-refractivity contribution in [3.63, 3.8) is 0 Å². The average molecular weight is 408 g/mol. The maximum absolute atomic E-state index is 13.0. The number of hydrogen-bond donors (Lipinski definition) is 1. The molecule has 3 aromatic rings. The van der Waals surface area contributed by atoms with E-state index < -0.39 is 0 Å². The maximum Gasteiger partial charge on any atom is 0.222 e. The lowest BCUT2D eigenvalue weighted by Gasteiger charge is -2.13. The molecule has 2 aromatic carbocycles. The Morgan fingerprint density at radius 2 is 1.73 bits per heavy atom. The molecule has 0 spiro atoms. The smallest absolute Gasteiger partial charge is 0.222 e. The highest BCUT2D eigenvalue weighted by atomic mass is 19.1. The number of Topliss-reactive ketones (excluding diaryl/α,β-unsaturated/α-hetero) is 1. The van der Waals surface area contributed by atoms with E-state index in [2.05, 4.69) is 5.32 Å². The average Bonchev–Trinajstić information content (AvgIpc) is 3.08. The molecule has 0 aliphatic rings. The van der Waals surface area contributed by atoms with Gasteiger partial charge in [-0.1, -0.05) is 12.1 Å². The Hall–Kier alpha value is -3.41. The van der Waals surface area contributed by atoms with Crippen molar-refractivity contribution >= 4 is 11.7 Å². The number of amides is 1. The quantitative estimate of drug-likeness (QED) is 0.558. The Kier molecular flexibility index (Phi) is 6.67. The minimum Gasteiger partial charge on any atom is -0.497 e. The van der Waals surface area contributed by atoms with E-state index in [1.807, 2.05) is 41.8 Å². The first-order valence-electron chi connectivity index (χ1n) is 9.75. The predicted octanol–water partition coefficient (Wildman–Crippen LogP) is 4.52. The molecule has 0 saturated carbocycles. The fourth-order valence-electron chi connectivity index (χ4n) is 3.40. The van der Waals surface area contributed by atoms with Crippen LogP contribution in [0.3, 0.4) is 0 Å². The molecule has 6 heteroatoms. The summed E-state index contributed by atoms with van der Waals surface area (Å²) in [6.45, 7) is 4.21. The molecule has 0 aliphatic carbocycles. The summed E-state index contributed by atoms with van der Waals surface area (Å²) in [6, 6.07) is 15.5. The Bertz CT molecular complexity index is 1040. The Morgan fingerprint density at radius 1 is 1.07 bits per heavy atom. The molecule has 0 aliphatic heterocycles. The number of ether oxygens (including phenoxy) is 1. The summed E-state index contributed by atoms with van der Waals surface area (Å²) in [5, 5.41) is 2.85. The lowest BCUT2D eigenvalue weighted by atomic mass is 10.1. The summed E-state index contributed by atoms with van der Waals surface area (Å²) in [4.78, 5) is 24.4. The van der Waals surface area contributed by atoms with Crippen LogP contribution in [0.1, 0.15) is 35.0 Å². The summed E-state index contributed by atoms with van der Waals surface area (Å²) in [5.41, 5.74) is 4.14. The number of hydrogen-bond acceptors (Lipinski definition) is 3. The third-order valence-electron chi connectivity index (χ3n) is 5.10. The molecule has 30 heavy (non-hydrogen) atoms. The number of ketones is 1. The molecule has 0 saturated heterocycles. The fraction of sp³-hybridized carbons (Fsp3) is 0.250. The maximum atomic E-state index is 13.0. The van der Waals surface area contributed by atoms with Crippen LogP contribution in [0.25, 0.3) is 11.3 Å². The minimum absolute atomic E-state index is 0.0122. The summed E-state index contributed by atoms with van der Waals surface area (Å²) < 4.78 is 20.2. The number of carbonyl (C=O) groups excluding carboxylic acids is 2. The molecule has 1 heterocycles. The van der Waals surface area contributed by atoms with Gasteiger partial charge >= 0.3 is 0 Å². The predicted molar refractivity (Wildman–Crippen MR) is 114 cm³/mol. The number of carbonyl (C=O) groups is 2.